The number of aromatic nitrogens is 3. The number of carbonyl (C=O) groups excluding carboxylic acids is 1. The van der Waals surface area contributed by atoms with Crippen LogP contribution in [-0.2, 0) is 4.79 Å². The molecule has 2 heterocycles. The van der Waals surface area contributed by atoms with Gasteiger partial charge in [-0.3, -0.25) is 14.9 Å². The molecule has 0 aliphatic carbocycles. The number of aryl methyl sites for hydroxylation is 1. The molecular formula is C19H15N5O3S2. The summed E-state index contributed by atoms with van der Waals surface area (Å²) in [4.78, 5) is 34.7. The number of H-pyrrole nitrogens is 1. The average molecular weight is 425 g/mol. The fraction of sp³-hybridized carbons (Fsp3) is 0.105. The van der Waals surface area contributed by atoms with Crippen LogP contribution < -0.4 is 5.32 Å². The summed E-state index contributed by atoms with van der Waals surface area (Å²) in [6.07, 6.45) is 0. The fourth-order valence-corrected chi connectivity index (χ4v) is 4.12. The number of nitro benzene ring substituents is 1. The standard InChI is InChI=1S/C19H15N5O3S2/c1-11-5-6-14-15(7-11)21-18(20-14)29-10-17(25)23-19-22-16(9-28-19)12-3-2-4-13(8-12)24(26)27/h2-9H,10H2,1H3,(H,20,21)(H,22,23,25). The van der Waals surface area contributed by atoms with E-state index in [2.05, 4.69) is 20.3 Å². The Morgan fingerprint density at radius 3 is 2.97 bits per heavy atom. The van der Waals surface area contributed by atoms with E-state index in [0.717, 1.165) is 16.6 Å². The van der Waals surface area contributed by atoms with E-state index in [9.17, 15) is 14.9 Å². The predicted octanol–water partition coefficient (Wildman–Crippen LogP) is 4.63. The van der Waals surface area contributed by atoms with Crippen LogP contribution in [0.15, 0.2) is 53.0 Å². The second kappa shape index (κ2) is 8.02. The van der Waals surface area contributed by atoms with Crippen molar-refractivity contribution >= 4 is 50.9 Å². The van der Waals surface area contributed by atoms with Gasteiger partial charge < -0.3 is 10.3 Å². The molecule has 4 aromatic rings. The Kier molecular flexibility index (Phi) is 5.28. The number of rotatable bonds is 6. The first-order valence-electron chi connectivity index (χ1n) is 8.57. The molecule has 2 N–H and O–H groups in total. The van der Waals surface area contributed by atoms with Crippen LogP contribution in [0.1, 0.15) is 5.56 Å². The number of nitro groups is 1. The van der Waals surface area contributed by atoms with Crippen LogP contribution >= 0.6 is 23.1 Å². The largest absolute Gasteiger partial charge is 0.333 e. The summed E-state index contributed by atoms with van der Waals surface area (Å²) in [5.41, 5.74) is 4.14. The molecule has 0 fully saturated rings. The molecule has 0 saturated carbocycles. The van der Waals surface area contributed by atoms with Crippen LogP contribution in [0.4, 0.5) is 10.8 Å². The van der Waals surface area contributed by atoms with Crippen molar-refractivity contribution in [1.29, 1.82) is 0 Å². The predicted molar refractivity (Wildman–Crippen MR) is 114 cm³/mol. The number of benzene rings is 2. The van der Waals surface area contributed by atoms with Gasteiger partial charge in [0, 0.05) is 23.1 Å². The van der Waals surface area contributed by atoms with E-state index in [0.29, 0.717) is 21.5 Å². The van der Waals surface area contributed by atoms with Gasteiger partial charge in [0.1, 0.15) is 0 Å². The van der Waals surface area contributed by atoms with E-state index >= 15 is 0 Å². The van der Waals surface area contributed by atoms with Crippen molar-refractivity contribution in [1.82, 2.24) is 15.0 Å². The minimum Gasteiger partial charge on any atom is -0.333 e. The third-order valence-electron chi connectivity index (χ3n) is 4.06. The maximum atomic E-state index is 12.2. The van der Waals surface area contributed by atoms with Crippen LogP contribution in [0.5, 0.6) is 0 Å². The topological polar surface area (TPSA) is 114 Å². The number of thioether (sulfide) groups is 1. The molecule has 0 aliphatic rings. The van der Waals surface area contributed by atoms with Crippen molar-refractivity contribution in [3.8, 4) is 11.3 Å². The highest BCUT2D eigenvalue weighted by Gasteiger charge is 2.12. The molecule has 0 radical (unpaired) electrons. The first-order valence-corrected chi connectivity index (χ1v) is 10.4. The van der Waals surface area contributed by atoms with E-state index in [1.54, 1.807) is 17.5 Å². The minimum atomic E-state index is -0.449. The van der Waals surface area contributed by atoms with Crippen LogP contribution in [-0.4, -0.2) is 31.5 Å². The normalized spacial score (nSPS) is 10.9. The third-order valence-corrected chi connectivity index (χ3v) is 5.69. The van der Waals surface area contributed by atoms with Crippen LogP contribution in [0.25, 0.3) is 22.3 Å². The number of fused-ring (bicyclic) bond motifs is 1. The second-order valence-corrected chi connectivity index (χ2v) is 8.07. The van der Waals surface area contributed by atoms with Crippen molar-refractivity contribution in [2.75, 3.05) is 11.1 Å². The SMILES string of the molecule is Cc1ccc2nc(SCC(=O)Nc3nc(-c4cccc([N+](=O)[O-])c4)cs3)[nH]c2c1. The quantitative estimate of drug-likeness (QED) is 0.264. The molecule has 0 spiro atoms. The van der Waals surface area contributed by atoms with Gasteiger partial charge >= 0.3 is 0 Å². The summed E-state index contributed by atoms with van der Waals surface area (Å²) in [5, 5.41) is 16.5. The number of carbonyl (C=O) groups is 1. The molecule has 4 rings (SSSR count). The smallest absolute Gasteiger partial charge is 0.270 e. The van der Waals surface area contributed by atoms with E-state index in [1.165, 1.54) is 35.2 Å². The van der Waals surface area contributed by atoms with E-state index in [1.807, 2.05) is 25.1 Å². The molecule has 2 aromatic heterocycles. The molecule has 0 bridgehead atoms. The number of nitrogens with one attached hydrogen (secondary N) is 2. The summed E-state index contributed by atoms with van der Waals surface area (Å²) < 4.78 is 0. The van der Waals surface area contributed by atoms with Gasteiger partial charge in [0.2, 0.25) is 5.91 Å². The highest BCUT2D eigenvalue weighted by molar-refractivity contribution is 7.99. The lowest BCUT2D eigenvalue weighted by Gasteiger charge is -2.00. The first kappa shape index (κ1) is 19.1. The molecular weight excluding hydrogens is 410 g/mol. The molecule has 146 valence electrons. The molecule has 0 saturated heterocycles. The van der Waals surface area contributed by atoms with Gasteiger partial charge in [0.15, 0.2) is 10.3 Å². The molecule has 2 aromatic carbocycles. The number of amides is 1. The highest BCUT2D eigenvalue weighted by atomic mass is 32.2. The Bertz CT molecular complexity index is 1220. The Labute approximate surface area is 173 Å². The third kappa shape index (κ3) is 4.44. The van der Waals surface area contributed by atoms with Crippen molar-refractivity contribution in [3.63, 3.8) is 0 Å². The Hall–Kier alpha value is -3.24. The number of nitrogens with zero attached hydrogens (tertiary/aromatic N) is 3. The molecule has 0 atom stereocenters. The summed E-state index contributed by atoms with van der Waals surface area (Å²) in [5.74, 6) is -0.0172. The Morgan fingerprint density at radius 1 is 1.28 bits per heavy atom. The van der Waals surface area contributed by atoms with Crippen molar-refractivity contribution in [3.05, 3.63) is 63.5 Å². The minimum absolute atomic E-state index is 0.00138. The molecule has 0 aliphatic heterocycles. The maximum absolute atomic E-state index is 12.2. The molecule has 1 amide bonds. The van der Waals surface area contributed by atoms with Gasteiger partial charge in [-0.1, -0.05) is 30.0 Å². The number of aromatic amines is 1. The monoisotopic (exact) mass is 425 g/mol. The number of imidazole rings is 1. The summed E-state index contributed by atoms with van der Waals surface area (Å²) in [7, 11) is 0. The van der Waals surface area contributed by atoms with E-state index in [4.69, 9.17) is 0 Å². The van der Waals surface area contributed by atoms with Gasteiger partial charge in [0.25, 0.3) is 5.69 Å². The van der Waals surface area contributed by atoms with E-state index in [-0.39, 0.29) is 17.3 Å². The molecule has 0 unspecified atom stereocenters. The van der Waals surface area contributed by atoms with Gasteiger partial charge in [-0.15, -0.1) is 11.3 Å². The fourth-order valence-electron chi connectivity index (χ4n) is 2.70. The highest BCUT2D eigenvalue weighted by Crippen LogP contribution is 2.28. The maximum Gasteiger partial charge on any atom is 0.270 e. The number of non-ortho nitro benzene ring substituents is 1. The zero-order valence-electron chi connectivity index (χ0n) is 15.2. The zero-order chi connectivity index (χ0) is 20.4. The van der Waals surface area contributed by atoms with Crippen molar-refractivity contribution < 1.29 is 9.72 Å². The molecule has 29 heavy (non-hydrogen) atoms. The number of hydrogen-bond donors (Lipinski definition) is 2. The van der Waals surface area contributed by atoms with E-state index < -0.39 is 4.92 Å². The van der Waals surface area contributed by atoms with Gasteiger partial charge in [0.05, 0.1) is 27.4 Å². The first-order chi connectivity index (χ1) is 14.0. The second-order valence-electron chi connectivity index (χ2n) is 6.24. The van der Waals surface area contributed by atoms with Crippen molar-refractivity contribution in [2.24, 2.45) is 0 Å². The van der Waals surface area contributed by atoms with Gasteiger partial charge in [-0.05, 0) is 24.6 Å². The Balaban J connectivity index is 1.38. The lowest BCUT2D eigenvalue weighted by Crippen LogP contribution is -2.13. The lowest BCUT2D eigenvalue weighted by atomic mass is 10.1. The number of anilines is 1. The van der Waals surface area contributed by atoms with Crippen LogP contribution in [0, 0.1) is 17.0 Å². The summed E-state index contributed by atoms with van der Waals surface area (Å²) in [6.45, 7) is 2.01. The summed E-state index contributed by atoms with van der Waals surface area (Å²) in [6, 6.07) is 12.2. The van der Waals surface area contributed by atoms with Gasteiger partial charge in [-0.2, -0.15) is 0 Å². The van der Waals surface area contributed by atoms with Crippen LogP contribution in [0.2, 0.25) is 0 Å². The average Bonchev–Trinajstić information content (AvgIpc) is 3.32. The molecule has 8 nitrogen and oxygen atoms in total. The van der Waals surface area contributed by atoms with Crippen LogP contribution in [0.3, 0.4) is 0 Å². The lowest BCUT2D eigenvalue weighted by molar-refractivity contribution is -0.384. The number of thiazole rings is 1. The zero-order valence-corrected chi connectivity index (χ0v) is 16.8. The molecule has 10 heteroatoms. The van der Waals surface area contributed by atoms with Gasteiger partial charge in [-0.25, -0.2) is 9.97 Å². The van der Waals surface area contributed by atoms with Crippen molar-refractivity contribution in [2.45, 2.75) is 12.1 Å². The Morgan fingerprint density at radius 2 is 2.14 bits per heavy atom. The summed E-state index contributed by atoms with van der Waals surface area (Å²) >= 11 is 2.58. The number of hydrogen-bond acceptors (Lipinski definition) is 7.